The largest absolute Gasteiger partial charge is 0.416 e. The molecule has 0 radical (unpaired) electrons. The molecule has 25 heavy (non-hydrogen) atoms. The summed E-state index contributed by atoms with van der Waals surface area (Å²) in [6.45, 7) is 1.23. The van der Waals surface area contributed by atoms with Crippen molar-refractivity contribution >= 4 is 17.5 Å². The van der Waals surface area contributed by atoms with E-state index in [0.717, 1.165) is 37.8 Å². The van der Waals surface area contributed by atoms with E-state index in [1.165, 1.54) is 13.0 Å². The highest BCUT2D eigenvalue weighted by Gasteiger charge is 2.33. The molecule has 2 amide bonds. The molecule has 0 heterocycles. The Hall–Kier alpha value is -2.09. The number of amides is 2. The van der Waals surface area contributed by atoms with E-state index in [1.807, 2.05) is 0 Å². The van der Waals surface area contributed by atoms with Gasteiger partial charge in [0, 0.05) is 19.2 Å². The molecule has 0 saturated heterocycles. The number of carbonyl (C=O) groups excluding carboxylic acids is 2. The molecule has 0 aliphatic heterocycles. The van der Waals surface area contributed by atoms with E-state index in [2.05, 4.69) is 10.6 Å². The summed E-state index contributed by atoms with van der Waals surface area (Å²) in [5, 5.41) is 5.12. The van der Waals surface area contributed by atoms with Crippen LogP contribution in [0.15, 0.2) is 18.2 Å². The number of alkyl halides is 3. The van der Waals surface area contributed by atoms with Crippen molar-refractivity contribution in [2.75, 3.05) is 5.32 Å². The summed E-state index contributed by atoms with van der Waals surface area (Å²) in [5.41, 5.74) is 4.87. The van der Waals surface area contributed by atoms with E-state index in [-0.39, 0.29) is 29.6 Å². The average Bonchev–Trinajstić information content (AvgIpc) is 3.05. The lowest BCUT2D eigenvalue weighted by atomic mass is 9.97. The fourth-order valence-electron chi connectivity index (χ4n) is 3.17. The van der Waals surface area contributed by atoms with E-state index >= 15 is 0 Å². The van der Waals surface area contributed by atoms with Crippen molar-refractivity contribution in [2.45, 2.75) is 51.4 Å². The van der Waals surface area contributed by atoms with Crippen LogP contribution in [-0.4, -0.2) is 17.9 Å². The van der Waals surface area contributed by atoms with Gasteiger partial charge in [0.15, 0.2) is 0 Å². The highest BCUT2D eigenvalue weighted by atomic mass is 19.4. The molecule has 5 nitrogen and oxygen atoms in total. The third-order valence-corrected chi connectivity index (χ3v) is 4.34. The first-order chi connectivity index (χ1) is 11.7. The van der Waals surface area contributed by atoms with Crippen molar-refractivity contribution in [1.82, 2.24) is 5.32 Å². The van der Waals surface area contributed by atoms with E-state index < -0.39 is 23.7 Å². The lowest BCUT2D eigenvalue weighted by molar-refractivity contribution is -0.137. The van der Waals surface area contributed by atoms with Crippen molar-refractivity contribution in [3.05, 3.63) is 29.3 Å². The van der Waals surface area contributed by atoms with Crippen molar-refractivity contribution in [1.29, 1.82) is 0 Å². The van der Waals surface area contributed by atoms with Crippen LogP contribution in [0.25, 0.3) is 0 Å². The average molecular weight is 357 g/mol. The van der Waals surface area contributed by atoms with Gasteiger partial charge >= 0.3 is 6.18 Å². The Morgan fingerprint density at radius 2 is 1.88 bits per heavy atom. The molecule has 0 spiro atoms. The van der Waals surface area contributed by atoms with Crippen LogP contribution in [0.5, 0.6) is 0 Å². The standard InChI is InChI=1S/C17H22F3N3O2/c1-10(24)22-15(12-4-2-3-5-12)16(25)23-14-7-11(9-21)6-13(8-14)17(18,19)20/h6-8,12,15H,2-5,9,21H2,1H3,(H,22,24)(H,23,25). The first kappa shape index (κ1) is 19.2. The normalized spacial score (nSPS) is 16.5. The third-order valence-electron chi connectivity index (χ3n) is 4.34. The second kappa shape index (κ2) is 7.86. The lowest BCUT2D eigenvalue weighted by Gasteiger charge is -2.23. The van der Waals surface area contributed by atoms with E-state index in [1.54, 1.807) is 0 Å². The molecular weight excluding hydrogens is 335 g/mol. The Morgan fingerprint density at radius 3 is 2.40 bits per heavy atom. The van der Waals surface area contributed by atoms with Crippen LogP contribution in [-0.2, 0) is 22.3 Å². The maximum atomic E-state index is 13.0. The minimum absolute atomic E-state index is 0.0105. The minimum Gasteiger partial charge on any atom is -0.344 e. The molecule has 4 N–H and O–H groups in total. The van der Waals surface area contributed by atoms with Crippen molar-refractivity contribution in [3.63, 3.8) is 0 Å². The Bertz CT molecular complexity index is 641. The molecule has 1 atom stereocenters. The van der Waals surface area contributed by atoms with Gasteiger partial charge in [-0.05, 0) is 42.5 Å². The lowest BCUT2D eigenvalue weighted by Crippen LogP contribution is -2.47. The number of anilines is 1. The summed E-state index contributed by atoms with van der Waals surface area (Å²) in [7, 11) is 0. The number of benzene rings is 1. The van der Waals surface area contributed by atoms with Crippen LogP contribution in [0, 0.1) is 5.92 Å². The Balaban J connectivity index is 2.23. The molecule has 1 aromatic rings. The first-order valence-corrected chi connectivity index (χ1v) is 8.20. The van der Waals surface area contributed by atoms with Gasteiger partial charge in [-0.3, -0.25) is 9.59 Å². The van der Waals surface area contributed by atoms with Crippen molar-refractivity contribution in [2.24, 2.45) is 11.7 Å². The van der Waals surface area contributed by atoms with Gasteiger partial charge < -0.3 is 16.4 Å². The van der Waals surface area contributed by atoms with E-state index in [0.29, 0.717) is 0 Å². The zero-order valence-corrected chi connectivity index (χ0v) is 14.0. The van der Waals surface area contributed by atoms with Crippen LogP contribution in [0.1, 0.15) is 43.7 Å². The monoisotopic (exact) mass is 357 g/mol. The molecule has 1 aliphatic rings. The van der Waals surface area contributed by atoms with Crippen LogP contribution in [0.4, 0.5) is 18.9 Å². The topological polar surface area (TPSA) is 84.2 Å². The predicted octanol–water partition coefficient (Wildman–Crippen LogP) is 2.80. The van der Waals surface area contributed by atoms with Gasteiger partial charge in [-0.15, -0.1) is 0 Å². The SMILES string of the molecule is CC(=O)NC(C(=O)Nc1cc(CN)cc(C(F)(F)F)c1)C1CCCC1. The molecule has 1 aliphatic carbocycles. The van der Waals surface area contributed by atoms with Gasteiger partial charge in [-0.1, -0.05) is 12.8 Å². The molecule has 138 valence electrons. The van der Waals surface area contributed by atoms with Gasteiger partial charge in [0.1, 0.15) is 6.04 Å². The zero-order valence-electron chi connectivity index (χ0n) is 14.0. The summed E-state index contributed by atoms with van der Waals surface area (Å²) in [5.74, 6) is -0.869. The van der Waals surface area contributed by atoms with E-state index in [9.17, 15) is 22.8 Å². The van der Waals surface area contributed by atoms with Crippen LogP contribution in [0.3, 0.4) is 0 Å². The number of halogens is 3. The number of nitrogens with two attached hydrogens (primary N) is 1. The fraction of sp³-hybridized carbons (Fsp3) is 0.529. The summed E-state index contributed by atoms with van der Waals surface area (Å²) in [6, 6.07) is 2.48. The zero-order chi connectivity index (χ0) is 18.6. The van der Waals surface area contributed by atoms with Crippen LogP contribution < -0.4 is 16.4 Å². The Morgan fingerprint density at radius 1 is 1.24 bits per heavy atom. The van der Waals surface area contributed by atoms with Crippen LogP contribution in [0.2, 0.25) is 0 Å². The van der Waals surface area contributed by atoms with Crippen molar-refractivity contribution < 1.29 is 22.8 Å². The second-order valence-electron chi connectivity index (χ2n) is 6.33. The Kier molecular flexibility index (Phi) is 6.05. The van der Waals surface area contributed by atoms with Crippen LogP contribution >= 0.6 is 0 Å². The molecule has 1 aromatic carbocycles. The highest BCUT2D eigenvalue weighted by Crippen LogP contribution is 2.32. The fourth-order valence-corrected chi connectivity index (χ4v) is 3.17. The summed E-state index contributed by atoms with van der Waals surface area (Å²) in [4.78, 5) is 24.0. The molecular formula is C17H22F3N3O2. The molecule has 1 fully saturated rings. The van der Waals surface area contributed by atoms with Gasteiger partial charge in [-0.25, -0.2) is 0 Å². The highest BCUT2D eigenvalue weighted by molar-refractivity contribution is 5.97. The number of carbonyl (C=O) groups is 2. The predicted molar refractivity (Wildman–Crippen MR) is 87.5 cm³/mol. The number of hydrogen-bond acceptors (Lipinski definition) is 3. The molecule has 2 rings (SSSR count). The van der Waals surface area contributed by atoms with Crippen molar-refractivity contribution in [3.8, 4) is 0 Å². The first-order valence-electron chi connectivity index (χ1n) is 8.20. The number of rotatable bonds is 5. The summed E-state index contributed by atoms with van der Waals surface area (Å²) < 4.78 is 39.0. The molecule has 1 saturated carbocycles. The summed E-state index contributed by atoms with van der Waals surface area (Å²) in [6.07, 6.45) is -0.999. The third kappa shape index (κ3) is 5.19. The van der Waals surface area contributed by atoms with Gasteiger partial charge in [-0.2, -0.15) is 13.2 Å². The minimum atomic E-state index is -4.53. The Labute approximate surface area is 144 Å². The van der Waals surface area contributed by atoms with Gasteiger partial charge in [0.05, 0.1) is 5.56 Å². The van der Waals surface area contributed by atoms with E-state index in [4.69, 9.17) is 5.73 Å². The molecule has 0 aromatic heterocycles. The van der Waals surface area contributed by atoms with Gasteiger partial charge in [0.25, 0.3) is 0 Å². The quantitative estimate of drug-likeness (QED) is 0.758. The molecule has 0 bridgehead atoms. The number of hydrogen-bond donors (Lipinski definition) is 3. The maximum absolute atomic E-state index is 13.0. The molecule has 8 heteroatoms. The summed E-state index contributed by atoms with van der Waals surface area (Å²) >= 11 is 0. The maximum Gasteiger partial charge on any atom is 0.416 e. The number of nitrogens with one attached hydrogen (secondary N) is 2. The smallest absolute Gasteiger partial charge is 0.344 e. The molecule has 1 unspecified atom stereocenters. The van der Waals surface area contributed by atoms with Gasteiger partial charge in [0.2, 0.25) is 11.8 Å². The second-order valence-corrected chi connectivity index (χ2v) is 6.33.